The third-order valence-corrected chi connectivity index (χ3v) is 15.3. The van der Waals surface area contributed by atoms with E-state index in [-0.39, 0.29) is 85.2 Å². The molecular formula is C59H72Cl3F6N13O7. The number of nitriles is 1. The minimum absolute atomic E-state index is 0.00461. The van der Waals surface area contributed by atoms with Crippen LogP contribution in [0.25, 0.3) is 0 Å². The quantitative estimate of drug-likeness (QED) is 0.0637. The van der Waals surface area contributed by atoms with Crippen molar-refractivity contribution in [3.05, 3.63) is 123 Å². The second-order valence-electron chi connectivity index (χ2n) is 21.4. The molecule has 0 unspecified atom stereocenters. The molecule has 7 heterocycles. The fourth-order valence-electron chi connectivity index (χ4n) is 9.81. The molecule has 4 N–H and O–H groups in total. The molecule has 6 aromatic rings. The highest BCUT2D eigenvalue weighted by atomic mass is 35.5. The number of aromatic nitrogens is 9. The highest BCUT2D eigenvalue weighted by molar-refractivity contribution is 6.32. The number of nitrogen functional groups attached to an aromatic ring is 1. The van der Waals surface area contributed by atoms with E-state index in [0.29, 0.717) is 68.6 Å². The molecule has 3 atom stereocenters. The van der Waals surface area contributed by atoms with Gasteiger partial charge in [-0.15, -0.1) is 0 Å². The molecule has 3 aliphatic carbocycles. The molecule has 1 saturated heterocycles. The van der Waals surface area contributed by atoms with Crippen LogP contribution in [-0.4, -0.2) is 76.7 Å². The number of ether oxygens (including phenoxy) is 4. The molecule has 6 aromatic heterocycles. The van der Waals surface area contributed by atoms with E-state index >= 15 is 0 Å². The topological polar surface area (TPSA) is 254 Å². The molecule has 0 bridgehead atoms. The summed E-state index contributed by atoms with van der Waals surface area (Å²) in [4.78, 5) is 61.4. The summed E-state index contributed by atoms with van der Waals surface area (Å²) in [6, 6.07) is 7.01. The normalized spacial score (nSPS) is 15.2. The zero-order chi connectivity index (χ0) is 64.7. The average molecular weight is 1300 g/mol. The SMILES string of the molecule is C1CCOC1.CC[C@H](C1CC1)n1cc(C#N)nc(Nc2cc(C)c(OC(F)F)nc2C)c1=O.CC[C@H](C1CC1)n1cc(Cl)nc(Cl)c1=O.CC[C@H](C1CC1)n1cc(Cl)nc(Nc2cc(C)c(OC(F)F)nc2C)c1=O.Cc1cc(N)c(C)nc1OC(F)F. The molecule has 10 rings (SSSR count). The van der Waals surface area contributed by atoms with Gasteiger partial charge in [0.05, 0.1) is 34.1 Å². The van der Waals surface area contributed by atoms with Crippen LogP contribution in [0, 0.1) is 70.6 Å². The van der Waals surface area contributed by atoms with Crippen molar-refractivity contribution in [3.8, 4) is 23.7 Å². The van der Waals surface area contributed by atoms with E-state index in [0.717, 1.165) is 58.2 Å². The number of halogens is 9. The summed E-state index contributed by atoms with van der Waals surface area (Å²) < 4.78 is 96.3. The van der Waals surface area contributed by atoms with Crippen molar-refractivity contribution in [1.29, 1.82) is 5.26 Å². The molecule has 4 fully saturated rings. The number of pyridine rings is 3. The van der Waals surface area contributed by atoms with Gasteiger partial charge in [0.1, 0.15) is 16.4 Å². The van der Waals surface area contributed by atoms with E-state index in [1.807, 2.05) is 19.9 Å². The molecule has 4 aliphatic rings. The van der Waals surface area contributed by atoms with Crippen molar-refractivity contribution < 1.29 is 45.3 Å². The van der Waals surface area contributed by atoms with Crippen molar-refractivity contribution in [3.63, 3.8) is 0 Å². The molecule has 1 aliphatic heterocycles. The number of alkyl halides is 6. The lowest BCUT2D eigenvalue weighted by molar-refractivity contribution is -0.0540. The summed E-state index contributed by atoms with van der Waals surface area (Å²) in [5, 5.41) is 15.6. The molecule has 0 amide bonds. The third-order valence-electron chi connectivity index (χ3n) is 14.7. The number of nitrogens with two attached hydrogens (primary N) is 1. The predicted octanol–water partition coefficient (Wildman–Crippen LogP) is 14.0. The Kier molecular flexibility index (Phi) is 25.7. The second-order valence-corrected chi connectivity index (χ2v) is 22.5. The van der Waals surface area contributed by atoms with Gasteiger partial charge < -0.3 is 49.0 Å². The Morgan fingerprint density at radius 3 is 1.30 bits per heavy atom. The van der Waals surface area contributed by atoms with Crippen molar-refractivity contribution in [1.82, 2.24) is 43.6 Å². The fraction of sp³-hybridized carbons (Fsp3) is 0.525. The van der Waals surface area contributed by atoms with E-state index in [1.165, 1.54) is 31.9 Å². The van der Waals surface area contributed by atoms with Gasteiger partial charge in [0.25, 0.3) is 16.7 Å². The van der Waals surface area contributed by atoms with Gasteiger partial charge in [-0.1, -0.05) is 55.6 Å². The summed E-state index contributed by atoms with van der Waals surface area (Å²) in [5.74, 6) is 1.21. The van der Waals surface area contributed by atoms with Gasteiger partial charge in [0, 0.05) is 66.6 Å². The van der Waals surface area contributed by atoms with Gasteiger partial charge in [-0.2, -0.15) is 31.6 Å². The molecule has 20 nitrogen and oxygen atoms in total. The highest BCUT2D eigenvalue weighted by Crippen LogP contribution is 2.43. The minimum atomic E-state index is -2.97. The maximum absolute atomic E-state index is 13.0. The van der Waals surface area contributed by atoms with Crippen LogP contribution >= 0.6 is 34.8 Å². The van der Waals surface area contributed by atoms with Crippen molar-refractivity contribution >= 4 is 63.5 Å². The lowest BCUT2D eigenvalue weighted by Crippen LogP contribution is -2.29. The van der Waals surface area contributed by atoms with Gasteiger partial charge in [-0.05, 0) is 148 Å². The highest BCUT2D eigenvalue weighted by Gasteiger charge is 2.35. The third kappa shape index (κ3) is 19.9. The van der Waals surface area contributed by atoms with Crippen molar-refractivity contribution in [2.75, 3.05) is 29.6 Å². The zero-order valence-electron chi connectivity index (χ0n) is 50.2. The predicted molar refractivity (Wildman–Crippen MR) is 323 cm³/mol. The largest absolute Gasteiger partial charge is 0.417 e. The smallest absolute Gasteiger partial charge is 0.388 e. The lowest BCUT2D eigenvalue weighted by atomic mass is 10.1. The van der Waals surface area contributed by atoms with Crippen LogP contribution in [0.5, 0.6) is 17.6 Å². The monoisotopic (exact) mass is 1290 g/mol. The standard InChI is InChI=1S/C19H21F2N5O2.C18H21ClF2N4O2.C10H12Cl2N2O.C8H10F2N2O.C4H8O/c1-4-15(12-5-6-12)26-9-13(8-22)24-16(18(26)27)25-14-7-10(2)17(23-11(14)3)28-19(20)21;1-4-13(11-5-6-11)25-8-14(19)24-15(17(25)26)23-12-7-9(2)16(22-10(12)3)27-18(20)21;1-2-7(6-3-4-6)14-5-8(11)13-9(12)10(14)15;1-4-3-6(11)5(2)12-7(4)13-8(9)10;1-2-4-5-3-1/h7,9,12,15,19H,4-6H2,1-3H3,(H,24,25);7-8,11,13,18H,4-6H2,1-3H3,(H,23,24);5-7H,2-4H2,1H3;3,8H,11H2,1-2H3;1-4H2/t15-;13-;7-;;/m111../s1. The second kappa shape index (κ2) is 32.3. The molecule has 0 radical (unpaired) electrons. The van der Waals surface area contributed by atoms with E-state index in [9.17, 15) is 46.0 Å². The summed E-state index contributed by atoms with van der Waals surface area (Å²) in [5.41, 5.74) is 8.74. The molecule has 0 spiro atoms. The first-order valence-corrected chi connectivity index (χ1v) is 29.8. The fourth-order valence-corrected chi connectivity index (χ4v) is 10.4. The number of nitrogens with zero attached hydrogens (tertiary/aromatic N) is 10. The molecule has 88 heavy (non-hydrogen) atoms. The van der Waals surface area contributed by atoms with Crippen LogP contribution in [0.15, 0.2) is 51.2 Å². The Hall–Kier alpha value is -7.21. The van der Waals surface area contributed by atoms with Gasteiger partial charge in [-0.3, -0.25) is 14.4 Å². The van der Waals surface area contributed by atoms with Crippen LogP contribution in [-0.2, 0) is 4.74 Å². The Morgan fingerprint density at radius 1 is 0.568 bits per heavy atom. The molecule has 0 aromatic carbocycles. The summed E-state index contributed by atoms with van der Waals surface area (Å²) >= 11 is 17.6. The Morgan fingerprint density at radius 2 is 0.932 bits per heavy atom. The van der Waals surface area contributed by atoms with Crippen LogP contribution < -0.4 is 47.3 Å². The van der Waals surface area contributed by atoms with Crippen LogP contribution in [0.3, 0.4) is 0 Å². The summed E-state index contributed by atoms with van der Waals surface area (Å²) in [6.45, 7) is 8.98. The Bertz CT molecular complexity index is 3570. The minimum Gasteiger partial charge on any atom is -0.417 e. The first-order chi connectivity index (χ1) is 41.8. The van der Waals surface area contributed by atoms with E-state index in [4.69, 9.17) is 45.3 Å². The first kappa shape index (κ1) is 69.9. The van der Waals surface area contributed by atoms with Gasteiger partial charge >= 0.3 is 19.8 Å². The van der Waals surface area contributed by atoms with Crippen molar-refractivity contribution in [2.45, 2.75) is 171 Å². The van der Waals surface area contributed by atoms with Crippen LogP contribution in [0.2, 0.25) is 15.5 Å². The Balaban J connectivity index is 0.000000190. The number of hydrogen-bond donors (Lipinski definition) is 3. The summed E-state index contributed by atoms with van der Waals surface area (Å²) in [6.07, 6.45) is 16.4. The summed E-state index contributed by atoms with van der Waals surface area (Å²) in [7, 11) is 0. The molecular weight excluding hydrogens is 1220 g/mol. The average Bonchev–Trinajstić information content (AvgIpc) is 2.81. The lowest BCUT2D eigenvalue weighted by Gasteiger charge is -2.19. The van der Waals surface area contributed by atoms with E-state index in [2.05, 4.69) is 61.7 Å². The van der Waals surface area contributed by atoms with E-state index in [1.54, 1.807) is 85.8 Å². The zero-order valence-corrected chi connectivity index (χ0v) is 52.4. The van der Waals surface area contributed by atoms with Gasteiger partial charge in [0.2, 0.25) is 17.6 Å². The molecule has 3 saturated carbocycles. The van der Waals surface area contributed by atoms with Gasteiger partial charge in [-0.25, -0.2) is 29.9 Å². The maximum atomic E-state index is 13.0. The van der Waals surface area contributed by atoms with E-state index < -0.39 is 19.8 Å². The maximum Gasteiger partial charge on any atom is 0.388 e. The number of aryl methyl sites for hydroxylation is 6. The number of anilines is 5. The van der Waals surface area contributed by atoms with Crippen molar-refractivity contribution in [2.24, 2.45) is 17.8 Å². The van der Waals surface area contributed by atoms with Crippen LogP contribution in [0.1, 0.15) is 149 Å². The van der Waals surface area contributed by atoms with Gasteiger partial charge in [0.15, 0.2) is 22.5 Å². The van der Waals surface area contributed by atoms with Crippen LogP contribution in [0.4, 0.5) is 55.0 Å². The first-order valence-electron chi connectivity index (χ1n) is 28.7. The Labute approximate surface area is 520 Å². The molecule has 29 heteroatoms. The number of nitrogens with one attached hydrogen (secondary N) is 2. The number of rotatable bonds is 19. The molecule has 478 valence electrons. The number of hydrogen-bond acceptors (Lipinski definition) is 17.